The lowest BCUT2D eigenvalue weighted by Crippen LogP contribution is -2.13. The van der Waals surface area contributed by atoms with Gasteiger partial charge in [-0.1, -0.05) is 11.8 Å². The third-order valence-electron chi connectivity index (χ3n) is 2.17. The van der Waals surface area contributed by atoms with Gasteiger partial charge >= 0.3 is 0 Å². The van der Waals surface area contributed by atoms with Crippen molar-refractivity contribution in [1.82, 2.24) is 9.97 Å². The fourth-order valence-electron chi connectivity index (χ4n) is 1.33. The average molecular weight is 272 g/mol. The van der Waals surface area contributed by atoms with Crippen LogP contribution in [-0.4, -0.2) is 22.4 Å². The van der Waals surface area contributed by atoms with Crippen molar-refractivity contribution in [1.29, 1.82) is 0 Å². The first kappa shape index (κ1) is 13.2. The van der Waals surface area contributed by atoms with Crippen LogP contribution in [0.25, 0.3) is 0 Å². The Hall–Kier alpha value is -2.23. The Morgan fingerprint density at radius 3 is 2.84 bits per heavy atom. The Bertz CT molecular complexity index is 637. The molecule has 6 heteroatoms. The molecule has 0 unspecified atom stereocenters. The number of nitrogens with two attached hydrogens (primary N) is 1. The molecule has 0 radical (unpaired) electrons. The smallest absolute Gasteiger partial charge is 0.276 e. The molecule has 1 amide bonds. The molecule has 0 aliphatic heterocycles. The van der Waals surface area contributed by atoms with Gasteiger partial charge in [0.25, 0.3) is 5.91 Å². The standard InChI is InChI=1S/C13H12N4OS/c1-9-7-16-13(19-9)17-12(18)11-5-4-10(8-15-11)3-2-6-14/h4-5,7-8H,6,14H2,1H3,(H,16,17,18). The summed E-state index contributed by atoms with van der Waals surface area (Å²) >= 11 is 1.42. The molecule has 0 aliphatic carbocycles. The summed E-state index contributed by atoms with van der Waals surface area (Å²) < 4.78 is 0. The molecule has 2 aromatic rings. The van der Waals surface area contributed by atoms with Gasteiger partial charge in [-0.05, 0) is 19.1 Å². The maximum Gasteiger partial charge on any atom is 0.276 e. The maximum atomic E-state index is 11.9. The second-order valence-corrected chi connectivity index (χ2v) is 4.90. The van der Waals surface area contributed by atoms with E-state index in [-0.39, 0.29) is 5.91 Å². The van der Waals surface area contributed by atoms with Gasteiger partial charge in [-0.25, -0.2) is 9.97 Å². The quantitative estimate of drug-likeness (QED) is 0.810. The Kier molecular flexibility index (Phi) is 4.23. The number of carbonyl (C=O) groups is 1. The van der Waals surface area contributed by atoms with Crippen LogP contribution in [0.15, 0.2) is 24.5 Å². The number of pyridine rings is 1. The van der Waals surface area contributed by atoms with Crippen LogP contribution < -0.4 is 11.1 Å². The van der Waals surface area contributed by atoms with E-state index in [0.29, 0.717) is 17.4 Å². The summed E-state index contributed by atoms with van der Waals surface area (Å²) in [6, 6.07) is 3.36. The van der Waals surface area contributed by atoms with E-state index in [1.54, 1.807) is 24.5 Å². The molecule has 0 aromatic carbocycles. The number of carbonyl (C=O) groups excluding carboxylic acids is 1. The zero-order valence-corrected chi connectivity index (χ0v) is 11.1. The summed E-state index contributed by atoms with van der Waals surface area (Å²) in [5.74, 6) is 5.28. The van der Waals surface area contributed by atoms with Crippen molar-refractivity contribution < 1.29 is 4.79 Å². The number of nitrogens with one attached hydrogen (secondary N) is 1. The van der Waals surface area contributed by atoms with E-state index in [0.717, 1.165) is 10.4 Å². The Morgan fingerprint density at radius 2 is 2.26 bits per heavy atom. The normalized spacial score (nSPS) is 9.58. The number of anilines is 1. The third-order valence-corrected chi connectivity index (χ3v) is 3.00. The number of nitrogens with zero attached hydrogens (tertiary/aromatic N) is 2. The van der Waals surface area contributed by atoms with E-state index < -0.39 is 0 Å². The van der Waals surface area contributed by atoms with Gasteiger partial charge < -0.3 is 5.73 Å². The zero-order valence-electron chi connectivity index (χ0n) is 10.3. The molecule has 2 aromatic heterocycles. The van der Waals surface area contributed by atoms with Crippen molar-refractivity contribution >= 4 is 22.4 Å². The molecule has 0 fully saturated rings. The minimum Gasteiger partial charge on any atom is -0.320 e. The highest BCUT2D eigenvalue weighted by molar-refractivity contribution is 7.15. The van der Waals surface area contributed by atoms with Crippen LogP contribution in [0.1, 0.15) is 20.9 Å². The molecule has 0 aliphatic rings. The lowest BCUT2D eigenvalue weighted by Gasteiger charge is -2.00. The van der Waals surface area contributed by atoms with E-state index in [4.69, 9.17) is 5.73 Å². The molecule has 19 heavy (non-hydrogen) atoms. The molecular weight excluding hydrogens is 260 g/mol. The first-order valence-corrected chi connectivity index (χ1v) is 6.39. The molecule has 5 nitrogen and oxygen atoms in total. The van der Waals surface area contributed by atoms with Gasteiger partial charge in [-0.2, -0.15) is 0 Å². The molecule has 0 saturated heterocycles. The minimum atomic E-state index is -0.285. The summed E-state index contributed by atoms with van der Waals surface area (Å²) in [6.45, 7) is 2.22. The van der Waals surface area contributed by atoms with E-state index in [1.165, 1.54) is 11.3 Å². The molecular formula is C13H12N4OS. The van der Waals surface area contributed by atoms with Crippen LogP contribution in [0.4, 0.5) is 5.13 Å². The SMILES string of the molecule is Cc1cnc(NC(=O)c2ccc(C#CCN)cn2)s1. The predicted octanol–water partition coefficient (Wildman–Crippen LogP) is 1.41. The van der Waals surface area contributed by atoms with Gasteiger partial charge in [0.1, 0.15) is 5.69 Å². The molecule has 0 atom stereocenters. The van der Waals surface area contributed by atoms with Crippen LogP contribution in [0.2, 0.25) is 0 Å². The van der Waals surface area contributed by atoms with Crippen molar-refractivity contribution in [3.63, 3.8) is 0 Å². The lowest BCUT2D eigenvalue weighted by atomic mass is 10.2. The number of hydrogen-bond acceptors (Lipinski definition) is 5. The number of rotatable bonds is 2. The van der Waals surface area contributed by atoms with Crippen LogP contribution in [0.3, 0.4) is 0 Å². The number of hydrogen-bond donors (Lipinski definition) is 2. The average Bonchev–Trinajstić information content (AvgIpc) is 2.82. The van der Waals surface area contributed by atoms with Gasteiger partial charge in [0.05, 0.1) is 6.54 Å². The summed E-state index contributed by atoms with van der Waals surface area (Å²) in [7, 11) is 0. The topological polar surface area (TPSA) is 80.9 Å². The number of thiazole rings is 1. The van der Waals surface area contributed by atoms with Crippen LogP contribution in [-0.2, 0) is 0 Å². The van der Waals surface area contributed by atoms with Gasteiger partial charge in [0.15, 0.2) is 5.13 Å². The first-order valence-electron chi connectivity index (χ1n) is 5.58. The van der Waals surface area contributed by atoms with Gasteiger partial charge in [-0.15, -0.1) is 11.3 Å². The summed E-state index contributed by atoms with van der Waals surface area (Å²) in [5.41, 5.74) is 6.33. The van der Waals surface area contributed by atoms with Crippen molar-refractivity contribution in [2.75, 3.05) is 11.9 Å². The molecule has 0 saturated carbocycles. The van der Waals surface area contributed by atoms with Crippen molar-refractivity contribution in [2.24, 2.45) is 5.73 Å². The largest absolute Gasteiger partial charge is 0.320 e. The molecule has 2 heterocycles. The minimum absolute atomic E-state index is 0.285. The zero-order chi connectivity index (χ0) is 13.7. The van der Waals surface area contributed by atoms with Gasteiger partial charge in [0, 0.05) is 22.8 Å². The van der Waals surface area contributed by atoms with Crippen molar-refractivity contribution in [2.45, 2.75) is 6.92 Å². The highest BCUT2D eigenvalue weighted by Crippen LogP contribution is 2.17. The summed E-state index contributed by atoms with van der Waals surface area (Å²) in [5, 5.41) is 3.26. The second kappa shape index (κ2) is 6.09. The van der Waals surface area contributed by atoms with E-state index >= 15 is 0 Å². The fourth-order valence-corrected chi connectivity index (χ4v) is 1.99. The van der Waals surface area contributed by atoms with E-state index in [2.05, 4.69) is 27.1 Å². The highest BCUT2D eigenvalue weighted by atomic mass is 32.1. The number of amides is 1. The molecule has 0 bridgehead atoms. The predicted molar refractivity (Wildman–Crippen MR) is 75.0 cm³/mol. The monoisotopic (exact) mass is 272 g/mol. The van der Waals surface area contributed by atoms with Crippen molar-refractivity contribution in [3.8, 4) is 11.8 Å². The highest BCUT2D eigenvalue weighted by Gasteiger charge is 2.09. The Morgan fingerprint density at radius 1 is 1.42 bits per heavy atom. The molecule has 96 valence electrons. The summed E-state index contributed by atoms with van der Waals surface area (Å²) in [4.78, 5) is 21.0. The van der Waals surface area contributed by atoms with Crippen LogP contribution in [0, 0.1) is 18.8 Å². The maximum absolute atomic E-state index is 11.9. The van der Waals surface area contributed by atoms with Crippen LogP contribution in [0.5, 0.6) is 0 Å². The second-order valence-electron chi connectivity index (χ2n) is 3.67. The fraction of sp³-hybridized carbons (Fsp3) is 0.154. The van der Waals surface area contributed by atoms with E-state index in [1.807, 2.05) is 6.92 Å². The lowest BCUT2D eigenvalue weighted by molar-refractivity contribution is 0.102. The molecule has 0 spiro atoms. The Labute approximate surface area is 114 Å². The molecule has 2 rings (SSSR count). The summed E-state index contributed by atoms with van der Waals surface area (Å²) in [6.07, 6.45) is 3.25. The third kappa shape index (κ3) is 3.61. The van der Waals surface area contributed by atoms with Gasteiger partial charge in [0.2, 0.25) is 0 Å². The Balaban J connectivity index is 2.07. The van der Waals surface area contributed by atoms with Gasteiger partial charge in [-0.3, -0.25) is 10.1 Å². The van der Waals surface area contributed by atoms with Crippen LogP contribution >= 0.6 is 11.3 Å². The number of aryl methyl sites for hydroxylation is 1. The number of aromatic nitrogens is 2. The first-order chi connectivity index (χ1) is 9.19. The van der Waals surface area contributed by atoms with E-state index in [9.17, 15) is 4.79 Å². The van der Waals surface area contributed by atoms with Crippen molar-refractivity contribution in [3.05, 3.63) is 40.7 Å². The molecule has 3 N–H and O–H groups in total.